The molecule has 0 spiro atoms. The van der Waals surface area contributed by atoms with E-state index in [0.29, 0.717) is 19.8 Å². The molecule has 0 unspecified atom stereocenters. The Balaban J connectivity index is -0.000000124. The fourth-order valence-corrected chi connectivity index (χ4v) is 0.693. The quantitative estimate of drug-likeness (QED) is 0.495. The van der Waals surface area contributed by atoms with Crippen molar-refractivity contribution < 1.29 is 53.6 Å². The van der Waals surface area contributed by atoms with Crippen LogP contribution < -0.4 is 0 Å². The second kappa shape index (κ2) is 26.9. The summed E-state index contributed by atoms with van der Waals surface area (Å²) in [6, 6.07) is 7.84. The van der Waals surface area contributed by atoms with E-state index in [1.165, 1.54) is 5.56 Å². The predicted octanol–water partition coefficient (Wildman–Crippen LogP) is 4.33. The van der Waals surface area contributed by atoms with Crippen LogP contribution in [-0.2, 0) is 29.3 Å². The maximum absolute atomic E-state index is 9.90. The van der Waals surface area contributed by atoms with Crippen LogP contribution in [0.15, 0.2) is 24.3 Å². The summed E-state index contributed by atoms with van der Waals surface area (Å²) in [5.41, 5.74) is 2.20. The van der Waals surface area contributed by atoms with Gasteiger partial charge in [0.25, 0.3) is 0 Å². The molecule has 1 aromatic rings. The molecule has 0 amide bonds. The van der Waals surface area contributed by atoms with Crippen LogP contribution in [0.25, 0.3) is 0 Å². The first-order valence-corrected chi connectivity index (χ1v) is 12.0. The van der Waals surface area contributed by atoms with Crippen molar-refractivity contribution >= 4 is 0 Å². The molecule has 0 saturated heterocycles. The summed E-state index contributed by atoms with van der Waals surface area (Å²) < 4.78 is 39.6. The maximum atomic E-state index is 9.90. The van der Waals surface area contributed by atoms with Gasteiger partial charge in [-0.05, 0) is 31.7 Å². The first-order valence-electron chi connectivity index (χ1n) is 8.32. The summed E-state index contributed by atoms with van der Waals surface area (Å²) in [5.74, 6) is 0. The number of hydrogen-bond donors (Lipinski definition) is 4. The molecule has 0 aliphatic carbocycles. The zero-order valence-corrected chi connectivity index (χ0v) is 18.5. The molecule has 1 aromatic carbocycles. The monoisotopic (exact) mass is 468 g/mol. The molecule has 4 nitrogen and oxygen atoms in total. The van der Waals surface area contributed by atoms with Gasteiger partial charge in [-0.25, -0.2) is 0 Å². The average molecular weight is 470 g/mol. The Kier molecular flexibility index (Phi) is 34.4. The SMILES string of the molecule is CCCO.CCCO.CCCO.Cc1ccc(CO)cc1.[F][Zr]([F])([F])[F]. The summed E-state index contributed by atoms with van der Waals surface area (Å²) in [6.07, 6.45) is 2.62. The fraction of sp³-hybridized carbons (Fsp3) is 0.647. The van der Waals surface area contributed by atoms with Crippen molar-refractivity contribution in [2.45, 2.75) is 53.6 Å². The summed E-state index contributed by atoms with van der Waals surface area (Å²) in [6.45, 7) is 8.92. The number of benzene rings is 1. The molecule has 0 heterocycles. The number of rotatable bonds is 4. The van der Waals surface area contributed by atoms with Crippen molar-refractivity contribution in [3.63, 3.8) is 0 Å². The van der Waals surface area contributed by atoms with Crippen molar-refractivity contribution in [3.05, 3.63) is 35.4 Å². The Hall–Kier alpha value is -0.337. The van der Waals surface area contributed by atoms with Gasteiger partial charge in [-0.15, -0.1) is 0 Å². The number of aliphatic hydroxyl groups is 4. The first-order chi connectivity index (χ1) is 12.1. The Morgan fingerprint density at radius 1 is 0.692 bits per heavy atom. The van der Waals surface area contributed by atoms with Gasteiger partial charge in [0, 0.05) is 19.8 Å². The number of aryl methyl sites for hydroxylation is 1. The van der Waals surface area contributed by atoms with Gasteiger partial charge in [0.2, 0.25) is 0 Å². The van der Waals surface area contributed by atoms with E-state index in [4.69, 9.17) is 20.4 Å². The summed E-state index contributed by atoms with van der Waals surface area (Å²) >= 11 is -7.18. The number of aliphatic hydroxyl groups excluding tert-OH is 4. The van der Waals surface area contributed by atoms with Gasteiger partial charge in [-0.3, -0.25) is 0 Å². The van der Waals surface area contributed by atoms with Crippen LogP contribution in [-0.4, -0.2) is 40.2 Å². The molecular formula is C17H34F4O4Zr. The molecule has 0 aliphatic heterocycles. The van der Waals surface area contributed by atoms with Gasteiger partial charge in [0.15, 0.2) is 0 Å². The van der Waals surface area contributed by atoms with E-state index in [1.807, 2.05) is 52.0 Å². The van der Waals surface area contributed by atoms with Gasteiger partial charge >= 0.3 is 33.2 Å². The van der Waals surface area contributed by atoms with Crippen LogP contribution in [0.4, 0.5) is 10.5 Å². The third-order valence-corrected chi connectivity index (χ3v) is 1.97. The third-order valence-electron chi connectivity index (χ3n) is 1.97. The predicted molar refractivity (Wildman–Crippen MR) is 93.7 cm³/mol. The van der Waals surface area contributed by atoms with Gasteiger partial charge in [-0.1, -0.05) is 50.6 Å². The molecule has 4 N–H and O–H groups in total. The molecule has 0 radical (unpaired) electrons. The normalized spacial score (nSPS) is 9.08. The van der Waals surface area contributed by atoms with E-state index in [1.54, 1.807) is 0 Å². The molecule has 0 atom stereocenters. The molecule has 0 bridgehead atoms. The average Bonchev–Trinajstić information content (AvgIpc) is 2.61. The molecular weight excluding hydrogens is 435 g/mol. The van der Waals surface area contributed by atoms with Crippen LogP contribution in [0.2, 0.25) is 0 Å². The van der Waals surface area contributed by atoms with Crippen molar-refractivity contribution in [2.24, 2.45) is 0 Å². The van der Waals surface area contributed by atoms with Gasteiger partial charge in [-0.2, -0.15) is 0 Å². The van der Waals surface area contributed by atoms with Crippen LogP contribution in [0, 0.1) is 6.92 Å². The molecule has 1 rings (SSSR count). The van der Waals surface area contributed by atoms with Crippen LogP contribution in [0.5, 0.6) is 0 Å². The van der Waals surface area contributed by atoms with Crippen LogP contribution in [0.1, 0.15) is 51.2 Å². The van der Waals surface area contributed by atoms with E-state index in [2.05, 4.69) is 0 Å². The molecule has 26 heavy (non-hydrogen) atoms. The molecule has 0 fully saturated rings. The Labute approximate surface area is 162 Å². The van der Waals surface area contributed by atoms with E-state index in [9.17, 15) is 10.5 Å². The topological polar surface area (TPSA) is 80.9 Å². The minimum atomic E-state index is -7.18. The Bertz CT molecular complexity index is 328. The summed E-state index contributed by atoms with van der Waals surface area (Å²) in [4.78, 5) is 0. The minimum absolute atomic E-state index is 0.139. The first kappa shape index (κ1) is 33.3. The Morgan fingerprint density at radius 3 is 1.08 bits per heavy atom. The van der Waals surface area contributed by atoms with Gasteiger partial charge in [0.05, 0.1) is 6.61 Å². The second-order valence-corrected chi connectivity index (χ2v) is 6.85. The van der Waals surface area contributed by atoms with E-state index in [0.717, 1.165) is 24.8 Å². The van der Waals surface area contributed by atoms with Gasteiger partial charge in [0.1, 0.15) is 0 Å². The van der Waals surface area contributed by atoms with Crippen LogP contribution >= 0.6 is 0 Å². The second-order valence-electron chi connectivity index (χ2n) is 4.74. The van der Waals surface area contributed by atoms with E-state index < -0.39 is 22.7 Å². The molecule has 0 saturated carbocycles. The van der Waals surface area contributed by atoms with Crippen molar-refractivity contribution in [2.75, 3.05) is 19.8 Å². The molecule has 0 aromatic heterocycles. The molecule has 158 valence electrons. The third kappa shape index (κ3) is 56.5. The van der Waals surface area contributed by atoms with Crippen molar-refractivity contribution in [1.29, 1.82) is 0 Å². The van der Waals surface area contributed by atoms with Crippen LogP contribution in [0.3, 0.4) is 0 Å². The van der Waals surface area contributed by atoms with Crippen molar-refractivity contribution in [3.8, 4) is 0 Å². The summed E-state index contributed by atoms with van der Waals surface area (Å²) in [5, 5.41) is 32.3. The molecule has 9 heteroatoms. The number of hydrogen-bond acceptors (Lipinski definition) is 4. The zero-order valence-electron chi connectivity index (χ0n) is 16.1. The number of halogens is 4. The van der Waals surface area contributed by atoms with E-state index >= 15 is 0 Å². The zero-order chi connectivity index (χ0) is 21.4. The standard InChI is InChI=1S/C8H10O.3C3H8O.4FH.Zr/c1-7-2-4-8(6-9)5-3-7;3*1-2-3-4;;;;;/h2-5,9H,6H2,1H3;3*4H,2-3H2,1H3;4*1H;/q;;;;;;;;+4/p-4. The Morgan fingerprint density at radius 2 is 0.923 bits per heavy atom. The fourth-order valence-electron chi connectivity index (χ4n) is 0.693. The van der Waals surface area contributed by atoms with Crippen molar-refractivity contribution in [1.82, 2.24) is 0 Å². The van der Waals surface area contributed by atoms with E-state index in [-0.39, 0.29) is 6.61 Å². The summed E-state index contributed by atoms with van der Waals surface area (Å²) in [7, 11) is 0. The van der Waals surface area contributed by atoms with Gasteiger partial charge < -0.3 is 20.4 Å². The molecule has 0 aliphatic rings.